The van der Waals surface area contributed by atoms with Gasteiger partial charge in [0.1, 0.15) is 0 Å². The van der Waals surface area contributed by atoms with E-state index in [9.17, 15) is 14.4 Å². The predicted molar refractivity (Wildman–Crippen MR) is 115 cm³/mol. The SMILES string of the molecule is O=C(NCCNC(=O)c1cccs1)c1ccc(NC(=O)c2ccc(Cl)cc2)cc1. The van der Waals surface area contributed by atoms with Crippen molar-refractivity contribution in [1.82, 2.24) is 10.6 Å². The molecule has 3 aromatic rings. The van der Waals surface area contributed by atoms with E-state index < -0.39 is 0 Å². The van der Waals surface area contributed by atoms with Gasteiger partial charge in [-0.1, -0.05) is 17.7 Å². The summed E-state index contributed by atoms with van der Waals surface area (Å²) in [5.74, 6) is -0.679. The van der Waals surface area contributed by atoms with E-state index in [1.165, 1.54) is 11.3 Å². The van der Waals surface area contributed by atoms with Crippen LogP contribution < -0.4 is 16.0 Å². The summed E-state index contributed by atoms with van der Waals surface area (Å²) in [6.07, 6.45) is 0. The molecule has 0 atom stereocenters. The predicted octanol–water partition coefficient (Wildman–Crippen LogP) is 3.81. The summed E-state index contributed by atoms with van der Waals surface area (Å²) < 4.78 is 0. The molecule has 148 valence electrons. The highest BCUT2D eigenvalue weighted by Gasteiger charge is 2.09. The van der Waals surface area contributed by atoms with Gasteiger partial charge in [0.15, 0.2) is 0 Å². The van der Waals surface area contributed by atoms with Crippen LogP contribution in [-0.2, 0) is 0 Å². The highest BCUT2D eigenvalue weighted by molar-refractivity contribution is 7.12. The molecule has 8 heteroatoms. The Balaban J connectivity index is 1.45. The Morgan fingerprint density at radius 3 is 1.97 bits per heavy atom. The van der Waals surface area contributed by atoms with Gasteiger partial charge in [-0.3, -0.25) is 14.4 Å². The quantitative estimate of drug-likeness (QED) is 0.501. The molecule has 2 aromatic carbocycles. The number of anilines is 1. The number of thiophene rings is 1. The minimum atomic E-state index is -0.264. The van der Waals surface area contributed by atoms with Crippen LogP contribution in [0.5, 0.6) is 0 Å². The highest BCUT2D eigenvalue weighted by atomic mass is 35.5. The lowest BCUT2D eigenvalue weighted by Gasteiger charge is -2.08. The van der Waals surface area contributed by atoms with Crippen molar-refractivity contribution in [3.8, 4) is 0 Å². The first-order valence-electron chi connectivity index (χ1n) is 8.80. The van der Waals surface area contributed by atoms with E-state index in [0.717, 1.165) is 0 Å². The third-order valence-corrected chi connectivity index (χ3v) is 5.07. The average Bonchev–Trinajstić information content (AvgIpc) is 3.27. The Kier molecular flexibility index (Phi) is 6.99. The fraction of sp³-hybridized carbons (Fsp3) is 0.0952. The van der Waals surface area contributed by atoms with E-state index in [1.807, 2.05) is 11.4 Å². The standard InChI is InChI=1S/C21H18ClN3O3S/c22-16-7-3-15(4-8-16)20(27)25-17-9-5-14(6-10-17)19(26)23-11-12-24-21(28)18-2-1-13-29-18/h1-10,13H,11-12H2,(H,23,26)(H,24,28)(H,25,27). The molecule has 3 rings (SSSR count). The smallest absolute Gasteiger partial charge is 0.261 e. The number of carbonyl (C=O) groups excluding carboxylic acids is 3. The highest BCUT2D eigenvalue weighted by Crippen LogP contribution is 2.14. The second-order valence-corrected chi connectivity index (χ2v) is 7.41. The van der Waals surface area contributed by atoms with E-state index >= 15 is 0 Å². The minimum Gasteiger partial charge on any atom is -0.350 e. The largest absolute Gasteiger partial charge is 0.350 e. The first-order valence-corrected chi connectivity index (χ1v) is 10.1. The molecule has 0 saturated carbocycles. The van der Waals surface area contributed by atoms with Crippen LogP contribution in [0, 0.1) is 0 Å². The molecule has 0 bridgehead atoms. The fourth-order valence-corrected chi connectivity index (χ4v) is 3.22. The van der Waals surface area contributed by atoms with Crippen molar-refractivity contribution in [2.75, 3.05) is 18.4 Å². The monoisotopic (exact) mass is 427 g/mol. The van der Waals surface area contributed by atoms with Gasteiger partial charge in [-0.25, -0.2) is 0 Å². The van der Waals surface area contributed by atoms with Gasteiger partial charge in [0.2, 0.25) is 0 Å². The molecule has 0 radical (unpaired) electrons. The third kappa shape index (κ3) is 5.91. The van der Waals surface area contributed by atoms with Crippen molar-refractivity contribution < 1.29 is 14.4 Å². The Hall–Kier alpha value is -3.16. The third-order valence-electron chi connectivity index (χ3n) is 3.95. The Morgan fingerprint density at radius 1 is 0.759 bits per heavy atom. The molecule has 0 unspecified atom stereocenters. The number of carbonyl (C=O) groups is 3. The maximum absolute atomic E-state index is 12.2. The summed E-state index contributed by atoms with van der Waals surface area (Å²) in [5, 5.41) is 10.6. The molecule has 0 spiro atoms. The molecule has 0 aliphatic heterocycles. The molecular weight excluding hydrogens is 410 g/mol. The number of nitrogens with one attached hydrogen (secondary N) is 3. The summed E-state index contributed by atoms with van der Waals surface area (Å²) in [7, 11) is 0. The zero-order chi connectivity index (χ0) is 20.6. The van der Waals surface area contributed by atoms with Crippen molar-refractivity contribution in [3.05, 3.63) is 87.1 Å². The summed E-state index contributed by atoms with van der Waals surface area (Å²) in [5.41, 5.74) is 1.52. The number of hydrogen-bond acceptors (Lipinski definition) is 4. The number of halogens is 1. The van der Waals surface area contributed by atoms with Gasteiger partial charge >= 0.3 is 0 Å². The first-order chi connectivity index (χ1) is 14.0. The van der Waals surface area contributed by atoms with Crippen LogP contribution >= 0.6 is 22.9 Å². The molecule has 1 aromatic heterocycles. The van der Waals surface area contributed by atoms with Crippen molar-refractivity contribution in [3.63, 3.8) is 0 Å². The fourth-order valence-electron chi connectivity index (χ4n) is 2.46. The summed E-state index contributed by atoms with van der Waals surface area (Å²) in [6, 6.07) is 16.7. The first kappa shape index (κ1) is 20.6. The Morgan fingerprint density at radius 2 is 1.34 bits per heavy atom. The van der Waals surface area contributed by atoms with Crippen LogP contribution in [0.25, 0.3) is 0 Å². The summed E-state index contributed by atoms with van der Waals surface area (Å²) in [6.45, 7) is 0.642. The minimum absolute atomic E-state index is 0.157. The second kappa shape index (κ2) is 9.86. The number of amides is 3. The van der Waals surface area contributed by atoms with Gasteiger partial charge in [0, 0.05) is 34.9 Å². The van der Waals surface area contributed by atoms with Crippen molar-refractivity contribution in [2.24, 2.45) is 0 Å². The molecule has 3 amide bonds. The molecule has 1 heterocycles. The maximum Gasteiger partial charge on any atom is 0.261 e. The van der Waals surface area contributed by atoms with Gasteiger partial charge < -0.3 is 16.0 Å². The van der Waals surface area contributed by atoms with Gasteiger partial charge in [0.25, 0.3) is 17.7 Å². The number of hydrogen-bond donors (Lipinski definition) is 3. The van der Waals surface area contributed by atoms with E-state index in [1.54, 1.807) is 54.6 Å². The zero-order valence-corrected chi connectivity index (χ0v) is 16.8. The molecule has 6 nitrogen and oxygen atoms in total. The van der Waals surface area contributed by atoms with E-state index in [-0.39, 0.29) is 17.7 Å². The van der Waals surface area contributed by atoms with Crippen molar-refractivity contribution in [2.45, 2.75) is 0 Å². The summed E-state index contributed by atoms with van der Waals surface area (Å²) >= 11 is 7.18. The molecule has 0 saturated heterocycles. The van der Waals surface area contributed by atoms with Crippen LogP contribution in [0.3, 0.4) is 0 Å². The van der Waals surface area contributed by atoms with Crippen LogP contribution in [-0.4, -0.2) is 30.8 Å². The van der Waals surface area contributed by atoms with Gasteiger partial charge in [0.05, 0.1) is 4.88 Å². The van der Waals surface area contributed by atoms with Gasteiger partial charge in [-0.15, -0.1) is 11.3 Å². The Labute approximate surface area is 176 Å². The van der Waals surface area contributed by atoms with Crippen LogP contribution in [0.4, 0.5) is 5.69 Å². The van der Waals surface area contributed by atoms with Crippen LogP contribution in [0.1, 0.15) is 30.4 Å². The average molecular weight is 428 g/mol. The zero-order valence-electron chi connectivity index (χ0n) is 15.3. The normalized spacial score (nSPS) is 10.2. The maximum atomic E-state index is 12.2. The van der Waals surface area contributed by atoms with Crippen LogP contribution in [0.15, 0.2) is 66.0 Å². The molecule has 29 heavy (non-hydrogen) atoms. The molecular formula is C21H18ClN3O3S. The van der Waals surface area contributed by atoms with Crippen molar-refractivity contribution >= 4 is 46.3 Å². The molecule has 0 aliphatic rings. The number of rotatable bonds is 7. The lowest BCUT2D eigenvalue weighted by molar-refractivity contribution is 0.0929. The van der Waals surface area contributed by atoms with E-state index in [0.29, 0.717) is 39.8 Å². The lowest BCUT2D eigenvalue weighted by Crippen LogP contribution is -2.34. The van der Waals surface area contributed by atoms with Gasteiger partial charge in [-0.2, -0.15) is 0 Å². The topological polar surface area (TPSA) is 87.3 Å². The molecule has 0 aliphatic carbocycles. The number of benzene rings is 2. The lowest BCUT2D eigenvalue weighted by atomic mass is 10.1. The van der Waals surface area contributed by atoms with E-state index in [2.05, 4.69) is 16.0 Å². The van der Waals surface area contributed by atoms with Crippen LogP contribution in [0.2, 0.25) is 5.02 Å². The molecule has 0 fully saturated rings. The van der Waals surface area contributed by atoms with Crippen molar-refractivity contribution in [1.29, 1.82) is 0 Å². The Bertz CT molecular complexity index is 987. The molecule has 3 N–H and O–H groups in total. The summed E-state index contributed by atoms with van der Waals surface area (Å²) in [4.78, 5) is 36.8. The van der Waals surface area contributed by atoms with E-state index in [4.69, 9.17) is 11.6 Å². The second-order valence-electron chi connectivity index (χ2n) is 6.03. The van der Waals surface area contributed by atoms with Gasteiger partial charge in [-0.05, 0) is 60.0 Å².